The molecular weight excluding hydrogens is 230 g/mol. The average Bonchev–Trinajstić information content (AvgIpc) is 2.77. The van der Waals surface area contributed by atoms with E-state index in [4.69, 9.17) is 4.52 Å². The molecule has 0 amide bonds. The number of nitrogens with zero attached hydrogens (tertiary/aromatic N) is 2. The number of carbonyl (C=O) groups excluding carboxylic acids is 1. The predicted octanol–water partition coefficient (Wildman–Crippen LogP) is 2.64. The van der Waals surface area contributed by atoms with Gasteiger partial charge in [-0.2, -0.15) is 4.98 Å². The number of hydrogen-bond acceptors (Lipinski definition) is 5. The Morgan fingerprint density at radius 2 is 2.00 bits per heavy atom. The Bertz CT molecular complexity index is 573. The van der Waals surface area contributed by atoms with Gasteiger partial charge >= 0.3 is 0 Å². The monoisotopic (exact) mass is 243 g/mol. The molecule has 0 radical (unpaired) electrons. The molecule has 0 bridgehead atoms. The zero-order chi connectivity index (χ0) is 13.0. The van der Waals surface area contributed by atoms with Gasteiger partial charge in [0, 0.05) is 11.3 Å². The van der Waals surface area contributed by atoms with Gasteiger partial charge in [0.2, 0.25) is 0 Å². The van der Waals surface area contributed by atoms with E-state index in [2.05, 4.69) is 15.5 Å². The smallest absolute Gasteiger partial charge is 0.267 e. The van der Waals surface area contributed by atoms with Crippen molar-refractivity contribution in [3.05, 3.63) is 42.1 Å². The minimum Gasteiger partial charge on any atom is -0.332 e. The lowest BCUT2D eigenvalue weighted by Crippen LogP contribution is -1.99. The number of anilines is 1. The Balaban J connectivity index is 2.14. The molecule has 0 saturated heterocycles. The van der Waals surface area contributed by atoms with Crippen LogP contribution in [-0.4, -0.2) is 15.9 Å². The number of hydrogen-bond donors (Lipinski definition) is 1. The van der Waals surface area contributed by atoms with Crippen molar-refractivity contribution in [3.63, 3.8) is 0 Å². The number of benzene rings is 1. The summed E-state index contributed by atoms with van der Waals surface area (Å²) in [5, 5.41) is 6.68. The first-order valence-electron chi connectivity index (χ1n) is 5.50. The van der Waals surface area contributed by atoms with E-state index in [1.165, 1.54) is 13.0 Å². The van der Waals surface area contributed by atoms with Gasteiger partial charge in [-0.15, -0.1) is 0 Å². The van der Waals surface area contributed by atoms with Gasteiger partial charge in [0.1, 0.15) is 0 Å². The minimum atomic E-state index is -0.0354. The van der Waals surface area contributed by atoms with Gasteiger partial charge in [0.25, 0.3) is 11.8 Å². The molecule has 92 valence electrons. The van der Waals surface area contributed by atoms with Crippen LogP contribution in [-0.2, 0) is 4.79 Å². The molecule has 0 aliphatic heterocycles. The molecule has 0 unspecified atom stereocenters. The van der Waals surface area contributed by atoms with E-state index in [9.17, 15) is 4.79 Å². The summed E-state index contributed by atoms with van der Waals surface area (Å²) in [6, 6.07) is 9.48. The lowest BCUT2D eigenvalue weighted by molar-refractivity contribution is -0.112. The fourth-order valence-corrected chi connectivity index (χ4v) is 1.49. The maximum atomic E-state index is 10.9. The first kappa shape index (κ1) is 12.0. The SMILES string of the molecule is CC(=O)C=C(C)Nc1noc(-c2ccccc2)n1. The summed E-state index contributed by atoms with van der Waals surface area (Å²) in [4.78, 5) is 15.1. The molecule has 0 fully saturated rings. The van der Waals surface area contributed by atoms with Crippen molar-refractivity contribution in [3.8, 4) is 11.5 Å². The Labute approximate surface area is 105 Å². The lowest BCUT2D eigenvalue weighted by atomic mass is 10.2. The van der Waals surface area contributed by atoms with E-state index in [0.717, 1.165) is 5.56 Å². The fourth-order valence-electron chi connectivity index (χ4n) is 1.49. The van der Waals surface area contributed by atoms with Crippen molar-refractivity contribution in [2.24, 2.45) is 0 Å². The molecule has 0 spiro atoms. The van der Waals surface area contributed by atoms with Crippen LogP contribution in [0.15, 0.2) is 46.6 Å². The summed E-state index contributed by atoms with van der Waals surface area (Å²) in [6.45, 7) is 3.25. The van der Waals surface area contributed by atoms with Crippen LogP contribution in [0.1, 0.15) is 13.8 Å². The highest BCUT2D eigenvalue weighted by Gasteiger charge is 2.07. The third kappa shape index (κ3) is 3.04. The largest absolute Gasteiger partial charge is 0.332 e. The zero-order valence-electron chi connectivity index (χ0n) is 10.2. The van der Waals surface area contributed by atoms with E-state index in [1.807, 2.05) is 30.3 Å². The molecule has 2 rings (SSSR count). The van der Waals surface area contributed by atoms with Crippen LogP contribution in [0.4, 0.5) is 5.95 Å². The Morgan fingerprint density at radius 3 is 2.67 bits per heavy atom. The number of allylic oxidation sites excluding steroid dienone is 2. The number of carbonyl (C=O) groups is 1. The second kappa shape index (κ2) is 5.27. The van der Waals surface area contributed by atoms with E-state index in [1.54, 1.807) is 6.92 Å². The molecule has 1 aromatic carbocycles. The van der Waals surface area contributed by atoms with Crippen LogP contribution < -0.4 is 5.32 Å². The number of rotatable bonds is 4. The van der Waals surface area contributed by atoms with E-state index in [-0.39, 0.29) is 5.78 Å². The maximum Gasteiger partial charge on any atom is 0.267 e. The quantitative estimate of drug-likeness (QED) is 0.836. The highest BCUT2D eigenvalue weighted by atomic mass is 16.5. The Hall–Kier alpha value is -2.43. The molecule has 0 saturated carbocycles. The van der Waals surface area contributed by atoms with E-state index >= 15 is 0 Å². The van der Waals surface area contributed by atoms with Gasteiger partial charge < -0.3 is 9.84 Å². The number of ketones is 1. The molecule has 2 aromatic rings. The predicted molar refractivity (Wildman–Crippen MR) is 67.8 cm³/mol. The zero-order valence-corrected chi connectivity index (χ0v) is 10.2. The summed E-state index contributed by atoms with van der Waals surface area (Å²) >= 11 is 0. The summed E-state index contributed by atoms with van der Waals surface area (Å²) in [5.74, 6) is 0.740. The molecule has 0 aliphatic carbocycles. The van der Waals surface area contributed by atoms with Crippen molar-refractivity contribution in [2.75, 3.05) is 5.32 Å². The lowest BCUT2D eigenvalue weighted by Gasteiger charge is -1.98. The number of nitrogens with one attached hydrogen (secondary N) is 1. The Morgan fingerprint density at radius 1 is 1.28 bits per heavy atom. The normalized spacial score (nSPS) is 11.3. The molecule has 5 heteroatoms. The fraction of sp³-hybridized carbons (Fsp3) is 0.154. The molecule has 0 atom stereocenters. The third-order valence-corrected chi connectivity index (χ3v) is 2.18. The van der Waals surface area contributed by atoms with Crippen LogP contribution in [0.25, 0.3) is 11.5 Å². The third-order valence-electron chi connectivity index (χ3n) is 2.18. The molecule has 18 heavy (non-hydrogen) atoms. The summed E-state index contributed by atoms with van der Waals surface area (Å²) in [6.07, 6.45) is 1.47. The highest BCUT2D eigenvalue weighted by molar-refractivity contribution is 5.88. The molecular formula is C13H13N3O2. The average molecular weight is 243 g/mol. The second-order valence-electron chi connectivity index (χ2n) is 3.85. The minimum absolute atomic E-state index is 0.0354. The van der Waals surface area contributed by atoms with Crippen LogP contribution in [0, 0.1) is 0 Å². The van der Waals surface area contributed by atoms with E-state index in [0.29, 0.717) is 17.5 Å². The van der Waals surface area contributed by atoms with Crippen LogP contribution in [0.2, 0.25) is 0 Å². The van der Waals surface area contributed by atoms with Gasteiger partial charge in [-0.3, -0.25) is 4.79 Å². The molecule has 1 heterocycles. The highest BCUT2D eigenvalue weighted by Crippen LogP contribution is 2.18. The molecule has 5 nitrogen and oxygen atoms in total. The standard InChI is InChI=1S/C13H13N3O2/c1-9(8-10(2)17)14-13-15-12(18-16-13)11-6-4-3-5-7-11/h3-8H,1-2H3,(H,14,16). The summed E-state index contributed by atoms with van der Waals surface area (Å²) in [5.41, 5.74) is 1.52. The molecule has 1 aromatic heterocycles. The summed E-state index contributed by atoms with van der Waals surface area (Å²) in [7, 11) is 0. The summed E-state index contributed by atoms with van der Waals surface area (Å²) < 4.78 is 5.12. The van der Waals surface area contributed by atoms with Gasteiger partial charge in [-0.1, -0.05) is 18.2 Å². The first-order chi connectivity index (χ1) is 8.65. The maximum absolute atomic E-state index is 10.9. The molecule has 0 aliphatic rings. The van der Waals surface area contributed by atoms with Crippen LogP contribution >= 0.6 is 0 Å². The molecule has 1 N–H and O–H groups in total. The van der Waals surface area contributed by atoms with Crippen molar-refractivity contribution in [1.82, 2.24) is 10.1 Å². The van der Waals surface area contributed by atoms with Gasteiger partial charge in [-0.25, -0.2) is 0 Å². The van der Waals surface area contributed by atoms with Crippen molar-refractivity contribution >= 4 is 11.7 Å². The van der Waals surface area contributed by atoms with Crippen LogP contribution in [0.3, 0.4) is 0 Å². The van der Waals surface area contributed by atoms with E-state index < -0.39 is 0 Å². The van der Waals surface area contributed by atoms with Gasteiger partial charge in [0.05, 0.1) is 0 Å². The van der Waals surface area contributed by atoms with Crippen LogP contribution in [0.5, 0.6) is 0 Å². The number of aromatic nitrogens is 2. The second-order valence-corrected chi connectivity index (χ2v) is 3.85. The van der Waals surface area contributed by atoms with Crippen molar-refractivity contribution in [1.29, 1.82) is 0 Å². The first-order valence-corrected chi connectivity index (χ1v) is 5.50. The van der Waals surface area contributed by atoms with Crippen molar-refractivity contribution in [2.45, 2.75) is 13.8 Å². The Kier molecular flexibility index (Phi) is 3.52. The van der Waals surface area contributed by atoms with Gasteiger partial charge in [-0.05, 0) is 37.2 Å². The van der Waals surface area contributed by atoms with Gasteiger partial charge in [0.15, 0.2) is 5.78 Å². The van der Waals surface area contributed by atoms with Crippen molar-refractivity contribution < 1.29 is 9.32 Å². The topological polar surface area (TPSA) is 68.0 Å².